The van der Waals surface area contributed by atoms with Gasteiger partial charge in [0.05, 0.1) is 11.3 Å². The van der Waals surface area contributed by atoms with Gasteiger partial charge in [-0.05, 0) is 54.6 Å². The predicted octanol–water partition coefficient (Wildman–Crippen LogP) is 3.57. The van der Waals surface area contributed by atoms with E-state index in [1.807, 2.05) is 5.32 Å². The van der Waals surface area contributed by atoms with E-state index >= 15 is 0 Å². The van der Waals surface area contributed by atoms with Crippen molar-refractivity contribution in [2.75, 3.05) is 10.2 Å². The van der Waals surface area contributed by atoms with Crippen molar-refractivity contribution < 1.29 is 37.1 Å². The number of barbiturate groups is 1. The first-order chi connectivity index (χ1) is 18.5. The summed E-state index contributed by atoms with van der Waals surface area (Å²) in [4.78, 5) is 62.2. The van der Waals surface area contributed by atoms with Gasteiger partial charge in [0.2, 0.25) is 5.91 Å². The summed E-state index contributed by atoms with van der Waals surface area (Å²) in [6.07, 6.45) is -3.96. The van der Waals surface area contributed by atoms with Crippen LogP contribution in [0.1, 0.15) is 26.3 Å². The lowest BCUT2D eigenvalue weighted by atomic mass is 10.1. The monoisotopic (exact) mass is 537 g/mol. The third kappa shape index (κ3) is 6.15. The number of halogens is 3. The van der Waals surface area contributed by atoms with Crippen LogP contribution in [0.5, 0.6) is 0 Å². The van der Waals surface area contributed by atoms with E-state index in [4.69, 9.17) is 0 Å². The summed E-state index contributed by atoms with van der Waals surface area (Å²) in [6.45, 7) is 0. The Morgan fingerprint density at radius 3 is 2.21 bits per heavy atom. The first-order valence-electron chi connectivity index (χ1n) is 11.2. The molecule has 0 spiro atoms. The number of hydrogen-bond acceptors (Lipinski definition) is 6. The Bertz CT molecular complexity index is 1470. The highest BCUT2D eigenvalue weighted by atomic mass is 19.4. The van der Waals surface area contributed by atoms with Gasteiger partial charge in [0.25, 0.3) is 17.7 Å². The molecule has 1 aliphatic heterocycles. The Labute approximate surface area is 218 Å². The average molecular weight is 537 g/mol. The van der Waals surface area contributed by atoms with E-state index in [2.05, 4.69) is 15.8 Å². The molecular formula is C26H18F3N5O5. The molecule has 3 aromatic carbocycles. The summed E-state index contributed by atoms with van der Waals surface area (Å²) < 4.78 is 39.2. The van der Waals surface area contributed by atoms with Crippen LogP contribution in [0.3, 0.4) is 0 Å². The van der Waals surface area contributed by atoms with Crippen molar-refractivity contribution in [1.82, 2.24) is 10.7 Å². The van der Waals surface area contributed by atoms with E-state index in [-0.39, 0.29) is 11.5 Å². The van der Waals surface area contributed by atoms with Gasteiger partial charge in [0.15, 0.2) is 5.92 Å². The fraction of sp³-hybridized carbons (Fsp3) is 0.0769. The Morgan fingerprint density at radius 2 is 1.54 bits per heavy atom. The van der Waals surface area contributed by atoms with E-state index in [1.165, 1.54) is 24.3 Å². The summed E-state index contributed by atoms with van der Waals surface area (Å²) in [7, 11) is 0. The van der Waals surface area contributed by atoms with Gasteiger partial charge in [-0.15, -0.1) is 0 Å². The van der Waals surface area contributed by atoms with E-state index < -0.39 is 47.1 Å². The van der Waals surface area contributed by atoms with Gasteiger partial charge in [0.1, 0.15) is 0 Å². The number of alkyl halides is 3. The zero-order valence-electron chi connectivity index (χ0n) is 19.7. The summed E-state index contributed by atoms with van der Waals surface area (Å²) in [5, 5.41) is 8.15. The number of nitrogens with zero attached hydrogens (tertiary/aromatic N) is 2. The number of anilines is 2. The minimum absolute atomic E-state index is 0.130. The number of carbonyl (C=O) groups is 5. The molecule has 0 unspecified atom stereocenters. The first-order valence-corrected chi connectivity index (χ1v) is 11.2. The number of rotatable bonds is 6. The molecule has 3 aromatic rings. The molecule has 1 saturated heterocycles. The van der Waals surface area contributed by atoms with E-state index in [9.17, 15) is 37.1 Å². The molecule has 39 heavy (non-hydrogen) atoms. The maximum Gasteiger partial charge on any atom is 0.416 e. The van der Waals surface area contributed by atoms with Gasteiger partial charge in [-0.25, -0.2) is 15.1 Å². The highest BCUT2D eigenvalue weighted by Gasteiger charge is 2.41. The van der Waals surface area contributed by atoms with Crippen LogP contribution in [0, 0.1) is 5.92 Å². The molecule has 0 saturated carbocycles. The number of carbonyl (C=O) groups excluding carboxylic acids is 5. The van der Waals surface area contributed by atoms with E-state index in [0.717, 1.165) is 24.4 Å². The van der Waals surface area contributed by atoms with Crippen molar-refractivity contribution in [3.63, 3.8) is 0 Å². The van der Waals surface area contributed by atoms with Crippen molar-refractivity contribution in [1.29, 1.82) is 0 Å². The number of nitrogens with one attached hydrogen (secondary N) is 3. The smallest absolute Gasteiger partial charge is 0.322 e. The fourth-order valence-corrected chi connectivity index (χ4v) is 3.52. The molecule has 0 aromatic heterocycles. The SMILES string of the molecule is O=C(N/N=C\[C@@H]1C(=O)NC(=O)N(c2cccc(C(F)(F)F)c2)C1=O)c1ccc(NC(=O)c2ccccc2)cc1. The topological polar surface area (TPSA) is 137 Å². The highest BCUT2D eigenvalue weighted by molar-refractivity contribution is 6.32. The van der Waals surface area contributed by atoms with Crippen molar-refractivity contribution in [3.05, 3.63) is 95.6 Å². The number of benzene rings is 3. The highest BCUT2D eigenvalue weighted by Crippen LogP contribution is 2.32. The van der Waals surface area contributed by atoms with Gasteiger partial charge in [-0.1, -0.05) is 24.3 Å². The Hall–Kier alpha value is -5.33. The zero-order valence-corrected chi connectivity index (χ0v) is 19.7. The van der Waals surface area contributed by atoms with Gasteiger partial charge >= 0.3 is 12.2 Å². The minimum Gasteiger partial charge on any atom is -0.322 e. The standard InChI is InChI=1S/C26H18F3N5O5/c27-26(28,29)17-7-4-8-19(13-17)34-24(38)20(23(37)32-25(34)39)14-30-33-22(36)16-9-11-18(12-10-16)31-21(35)15-5-2-1-3-6-15/h1-14,20H,(H,31,35)(H,33,36)(H,32,37,39)/b30-14-/t20-/m1/s1. The number of hydrogen-bond donors (Lipinski definition) is 3. The second-order valence-electron chi connectivity index (χ2n) is 8.11. The second-order valence-corrected chi connectivity index (χ2v) is 8.11. The summed E-state index contributed by atoms with van der Waals surface area (Å²) >= 11 is 0. The van der Waals surface area contributed by atoms with Gasteiger partial charge in [0, 0.05) is 23.0 Å². The van der Waals surface area contributed by atoms with Gasteiger partial charge < -0.3 is 5.32 Å². The number of amides is 6. The van der Waals surface area contributed by atoms with Crippen LogP contribution in [0.4, 0.5) is 29.3 Å². The fourth-order valence-electron chi connectivity index (χ4n) is 3.52. The van der Waals surface area contributed by atoms with Crippen LogP contribution in [-0.4, -0.2) is 35.9 Å². The molecule has 3 N–H and O–H groups in total. The van der Waals surface area contributed by atoms with Crippen LogP contribution >= 0.6 is 0 Å². The Balaban J connectivity index is 1.41. The Morgan fingerprint density at radius 1 is 0.872 bits per heavy atom. The summed E-state index contributed by atoms with van der Waals surface area (Å²) in [5.74, 6) is -4.98. The lowest BCUT2D eigenvalue weighted by Gasteiger charge is -2.28. The third-order valence-electron chi connectivity index (χ3n) is 5.46. The molecule has 198 valence electrons. The van der Waals surface area contributed by atoms with Crippen molar-refractivity contribution in [2.24, 2.45) is 11.0 Å². The molecular weight excluding hydrogens is 519 g/mol. The largest absolute Gasteiger partial charge is 0.416 e. The van der Waals surface area contributed by atoms with Crippen LogP contribution < -0.4 is 21.0 Å². The molecule has 4 rings (SSSR count). The molecule has 0 bridgehead atoms. The Kier molecular flexibility index (Phi) is 7.51. The van der Waals surface area contributed by atoms with Crippen LogP contribution in [0.2, 0.25) is 0 Å². The maximum atomic E-state index is 13.1. The maximum absolute atomic E-state index is 13.1. The first kappa shape index (κ1) is 26.7. The minimum atomic E-state index is -4.72. The lowest BCUT2D eigenvalue weighted by molar-refractivity contribution is -0.138. The van der Waals surface area contributed by atoms with Gasteiger partial charge in [-0.3, -0.25) is 24.5 Å². The molecule has 0 aliphatic carbocycles. The molecule has 6 amide bonds. The van der Waals surface area contributed by atoms with Crippen molar-refractivity contribution >= 4 is 47.2 Å². The number of imide groups is 2. The molecule has 1 atom stereocenters. The van der Waals surface area contributed by atoms with E-state index in [0.29, 0.717) is 22.2 Å². The van der Waals surface area contributed by atoms with Crippen molar-refractivity contribution in [3.8, 4) is 0 Å². The molecule has 10 nitrogen and oxygen atoms in total. The average Bonchev–Trinajstić information content (AvgIpc) is 2.91. The molecule has 13 heteroatoms. The number of hydrazone groups is 1. The molecule has 1 heterocycles. The van der Waals surface area contributed by atoms with Crippen LogP contribution in [0.25, 0.3) is 0 Å². The van der Waals surface area contributed by atoms with Crippen LogP contribution in [-0.2, 0) is 15.8 Å². The predicted molar refractivity (Wildman–Crippen MR) is 133 cm³/mol. The van der Waals surface area contributed by atoms with Crippen molar-refractivity contribution in [2.45, 2.75) is 6.18 Å². The summed E-state index contributed by atoms with van der Waals surface area (Å²) in [6, 6.07) is 16.5. The molecule has 1 fully saturated rings. The quantitative estimate of drug-likeness (QED) is 0.251. The van der Waals surface area contributed by atoms with Gasteiger partial charge in [-0.2, -0.15) is 18.3 Å². The normalized spacial score (nSPS) is 15.7. The molecule has 1 aliphatic rings. The third-order valence-corrected chi connectivity index (χ3v) is 5.46. The molecule has 0 radical (unpaired) electrons. The zero-order chi connectivity index (χ0) is 28.2. The van der Waals surface area contributed by atoms with E-state index in [1.54, 1.807) is 30.3 Å². The number of urea groups is 1. The lowest BCUT2D eigenvalue weighted by Crippen LogP contribution is -2.58. The van der Waals surface area contributed by atoms with Crippen LogP contribution in [0.15, 0.2) is 84.0 Å². The summed E-state index contributed by atoms with van der Waals surface area (Å²) in [5.41, 5.74) is 1.63. The second kappa shape index (κ2) is 11.0.